The number of nitrogens with one attached hydrogen (secondary N) is 1. The number of amides is 1. The predicted molar refractivity (Wildman–Crippen MR) is 67.6 cm³/mol. The second-order valence-electron chi connectivity index (χ2n) is 4.55. The third-order valence-electron chi connectivity index (χ3n) is 2.40. The van der Waals surface area contributed by atoms with Gasteiger partial charge in [-0.2, -0.15) is 0 Å². The minimum Gasteiger partial charge on any atom is -0.352 e. The maximum absolute atomic E-state index is 11.6. The van der Waals surface area contributed by atoms with Crippen molar-refractivity contribution in [3.05, 3.63) is 35.4 Å². The van der Waals surface area contributed by atoms with Crippen LogP contribution in [0.3, 0.4) is 0 Å². The zero-order valence-electron chi connectivity index (χ0n) is 10.4. The average Bonchev–Trinajstić information content (AvgIpc) is 2.26. The van der Waals surface area contributed by atoms with Crippen molar-refractivity contribution in [1.29, 1.82) is 0 Å². The molecule has 0 fully saturated rings. The van der Waals surface area contributed by atoms with E-state index in [0.29, 0.717) is 5.92 Å². The molecule has 0 atom stereocenters. The van der Waals surface area contributed by atoms with E-state index in [0.717, 1.165) is 24.9 Å². The van der Waals surface area contributed by atoms with E-state index in [9.17, 15) is 4.79 Å². The Labute approximate surface area is 98.1 Å². The molecule has 0 aliphatic carbocycles. The van der Waals surface area contributed by atoms with Crippen LogP contribution >= 0.6 is 0 Å². The number of carbonyl (C=O) groups excluding carboxylic acids is 1. The molecule has 1 aromatic rings. The highest BCUT2D eigenvalue weighted by Gasteiger charge is 2.04. The van der Waals surface area contributed by atoms with E-state index in [1.54, 1.807) is 0 Å². The molecule has 0 radical (unpaired) electrons. The molecule has 1 aromatic carbocycles. The fourth-order valence-corrected chi connectivity index (χ4v) is 1.60. The van der Waals surface area contributed by atoms with Gasteiger partial charge < -0.3 is 5.32 Å². The van der Waals surface area contributed by atoms with Crippen LogP contribution in [-0.4, -0.2) is 12.5 Å². The van der Waals surface area contributed by atoms with Crippen LogP contribution in [0, 0.1) is 5.92 Å². The first-order valence-electron chi connectivity index (χ1n) is 6.00. The van der Waals surface area contributed by atoms with E-state index in [1.165, 1.54) is 5.56 Å². The summed E-state index contributed by atoms with van der Waals surface area (Å²) in [5.41, 5.74) is 2.04. The summed E-state index contributed by atoms with van der Waals surface area (Å²) in [6, 6.07) is 7.90. The Balaban J connectivity index is 2.60. The Kier molecular flexibility index (Phi) is 5.03. The molecule has 0 heterocycles. The lowest BCUT2D eigenvalue weighted by atomic mass is 10.0. The van der Waals surface area contributed by atoms with Crippen molar-refractivity contribution in [2.45, 2.75) is 33.6 Å². The van der Waals surface area contributed by atoms with Crippen LogP contribution in [0.4, 0.5) is 0 Å². The van der Waals surface area contributed by atoms with Gasteiger partial charge >= 0.3 is 0 Å². The molecule has 0 aromatic heterocycles. The first-order valence-corrected chi connectivity index (χ1v) is 6.00. The van der Waals surface area contributed by atoms with Crippen molar-refractivity contribution in [2.24, 2.45) is 5.92 Å². The topological polar surface area (TPSA) is 29.1 Å². The van der Waals surface area contributed by atoms with Crippen LogP contribution < -0.4 is 5.32 Å². The number of hydrogen-bond acceptors (Lipinski definition) is 1. The van der Waals surface area contributed by atoms with Crippen LogP contribution in [0.2, 0.25) is 0 Å². The highest BCUT2D eigenvalue weighted by Crippen LogP contribution is 2.09. The van der Waals surface area contributed by atoms with Gasteiger partial charge in [-0.05, 0) is 36.5 Å². The Bertz CT molecular complexity index is 327. The molecule has 1 N–H and O–H groups in total. The molecule has 0 aliphatic rings. The molecule has 0 saturated carbocycles. The maximum Gasteiger partial charge on any atom is 0.251 e. The molecule has 0 unspecified atom stereocenters. The number of hydrogen-bond donors (Lipinski definition) is 1. The minimum atomic E-state index is 0.0259. The Hall–Kier alpha value is -1.31. The van der Waals surface area contributed by atoms with E-state index in [1.807, 2.05) is 31.2 Å². The smallest absolute Gasteiger partial charge is 0.251 e. The molecule has 0 aliphatic heterocycles. The van der Waals surface area contributed by atoms with E-state index >= 15 is 0 Å². The molecule has 16 heavy (non-hydrogen) atoms. The van der Waals surface area contributed by atoms with Crippen molar-refractivity contribution in [3.63, 3.8) is 0 Å². The lowest BCUT2D eigenvalue weighted by Gasteiger charge is -2.06. The molecule has 2 heteroatoms. The summed E-state index contributed by atoms with van der Waals surface area (Å²) >= 11 is 0. The van der Waals surface area contributed by atoms with Crippen LogP contribution in [0.15, 0.2) is 24.3 Å². The monoisotopic (exact) mass is 219 g/mol. The maximum atomic E-state index is 11.6. The molecule has 0 saturated heterocycles. The molecular weight excluding hydrogens is 198 g/mol. The van der Waals surface area contributed by atoms with Gasteiger partial charge in [-0.3, -0.25) is 4.79 Å². The van der Waals surface area contributed by atoms with Gasteiger partial charge in [-0.1, -0.05) is 32.9 Å². The Morgan fingerprint density at radius 3 is 2.38 bits per heavy atom. The summed E-state index contributed by atoms with van der Waals surface area (Å²) in [7, 11) is 0. The van der Waals surface area contributed by atoms with Crippen LogP contribution in [-0.2, 0) is 6.42 Å². The number of benzene rings is 1. The zero-order chi connectivity index (χ0) is 12.0. The molecule has 2 nitrogen and oxygen atoms in total. The summed E-state index contributed by atoms with van der Waals surface area (Å²) in [6.45, 7) is 7.18. The largest absolute Gasteiger partial charge is 0.352 e. The summed E-state index contributed by atoms with van der Waals surface area (Å²) in [6.07, 6.45) is 2.04. The second-order valence-corrected chi connectivity index (χ2v) is 4.55. The third kappa shape index (κ3) is 4.05. The Morgan fingerprint density at radius 1 is 1.25 bits per heavy atom. The molecular formula is C14H21NO. The standard InChI is InChI=1S/C14H21NO/c1-4-9-15-14(16)13-7-5-12(6-8-13)10-11(2)3/h5-8,11H,4,9-10H2,1-3H3,(H,15,16). The van der Waals surface area contributed by atoms with Gasteiger partial charge in [-0.15, -0.1) is 0 Å². The van der Waals surface area contributed by atoms with Crippen LogP contribution in [0.25, 0.3) is 0 Å². The highest BCUT2D eigenvalue weighted by molar-refractivity contribution is 5.94. The van der Waals surface area contributed by atoms with E-state index < -0.39 is 0 Å². The van der Waals surface area contributed by atoms with Gasteiger partial charge in [0, 0.05) is 12.1 Å². The summed E-state index contributed by atoms with van der Waals surface area (Å²) in [5, 5.41) is 2.87. The summed E-state index contributed by atoms with van der Waals surface area (Å²) < 4.78 is 0. The quantitative estimate of drug-likeness (QED) is 0.810. The zero-order valence-corrected chi connectivity index (χ0v) is 10.4. The molecule has 0 bridgehead atoms. The third-order valence-corrected chi connectivity index (χ3v) is 2.40. The summed E-state index contributed by atoms with van der Waals surface area (Å²) in [4.78, 5) is 11.6. The highest BCUT2D eigenvalue weighted by atomic mass is 16.1. The average molecular weight is 219 g/mol. The predicted octanol–water partition coefficient (Wildman–Crippen LogP) is 3.02. The van der Waals surface area contributed by atoms with E-state index in [2.05, 4.69) is 19.2 Å². The van der Waals surface area contributed by atoms with Gasteiger partial charge in [0.15, 0.2) is 0 Å². The second kappa shape index (κ2) is 6.31. The van der Waals surface area contributed by atoms with Crippen molar-refractivity contribution >= 4 is 5.91 Å². The van der Waals surface area contributed by atoms with Gasteiger partial charge in [0.1, 0.15) is 0 Å². The molecule has 1 rings (SSSR count). The van der Waals surface area contributed by atoms with E-state index in [4.69, 9.17) is 0 Å². The first kappa shape index (κ1) is 12.8. The lowest BCUT2D eigenvalue weighted by molar-refractivity contribution is 0.0953. The van der Waals surface area contributed by atoms with Gasteiger partial charge in [0.25, 0.3) is 5.91 Å². The lowest BCUT2D eigenvalue weighted by Crippen LogP contribution is -2.23. The molecule has 1 amide bonds. The van der Waals surface area contributed by atoms with Crippen molar-refractivity contribution in [1.82, 2.24) is 5.32 Å². The van der Waals surface area contributed by atoms with E-state index in [-0.39, 0.29) is 5.91 Å². The van der Waals surface area contributed by atoms with Gasteiger partial charge in [-0.25, -0.2) is 0 Å². The van der Waals surface area contributed by atoms with Crippen molar-refractivity contribution < 1.29 is 4.79 Å². The number of rotatable bonds is 5. The summed E-state index contributed by atoms with van der Waals surface area (Å²) in [5.74, 6) is 0.678. The Morgan fingerprint density at radius 2 is 1.88 bits per heavy atom. The van der Waals surface area contributed by atoms with Gasteiger partial charge in [0.05, 0.1) is 0 Å². The SMILES string of the molecule is CCCNC(=O)c1ccc(CC(C)C)cc1. The number of carbonyl (C=O) groups is 1. The fraction of sp³-hybridized carbons (Fsp3) is 0.500. The van der Waals surface area contributed by atoms with Crippen molar-refractivity contribution in [2.75, 3.05) is 6.54 Å². The normalized spacial score (nSPS) is 10.5. The molecule has 0 spiro atoms. The van der Waals surface area contributed by atoms with Crippen LogP contribution in [0.1, 0.15) is 43.1 Å². The van der Waals surface area contributed by atoms with Crippen LogP contribution in [0.5, 0.6) is 0 Å². The fourth-order valence-electron chi connectivity index (χ4n) is 1.60. The molecule has 88 valence electrons. The van der Waals surface area contributed by atoms with Crippen molar-refractivity contribution in [3.8, 4) is 0 Å². The minimum absolute atomic E-state index is 0.0259. The first-order chi connectivity index (χ1) is 7.63. The van der Waals surface area contributed by atoms with Gasteiger partial charge in [0.2, 0.25) is 0 Å².